The molecular formula is C14H23N5O2. The van der Waals surface area contributed by atoms with Gasteiger partial charge < -0.3 is 10.2 Å². The molecule has 0 saturated carbocycles. The fourth-order valence-electron chi connectivity index (χ4n) is 2.19. The molecule has 2 amide bonds. The molecule has 0 aliphatic carbocycles. The summed E-state index contributed by atoms with van der Waals surface area (Å²) in [7, 11) is 0. The van der Waals surface area contributed by atoms with E-state index in [1.54, 1.807) is 4.90 Å². The number of carbonyl (C=O) groups is 2. The van der Waals surface area contributed by atoms with Gasteiger partial charge in [-0.3, -0.25) is 14.7 Å². The molecule has 1 aliphatic rings. The van der Waals surface area contributed by atoms with Gasteiger partial charge in [0.05, 0.1) is 6.54 Å². The number of aromatic amines is 1. The molecule has 0 radical (unpaired) electrons. The molecule has 116 valence electrons. The minimum Gasteiger partial charge on any atom is -0.341 e. The lowest BCUT2D eigenvalue weighted by Gasteiger charge is -2.26. The highest BCUT2D eigenvalue weighted by atomic mass is 16.2. The van der Waals surface area contributed by atoms with Gasteiger partial charge in [-0.2, -0.15) is 0 Å². The van der Waals surface area contributed by atoms with Gasteiger partial charge in [-0.15, -0.1) is 5.10 Å². The fraction of sp³-hybridized carbons (Fsp3) is 0.714. The average Bonchev–Trinajstić information content (AvgIpc) is 2.95. The van der Waals surface area contributed by atoms with Crippen LogP contribution in [0.2, 0.25) is 0 Å². The van der Waals surface area contributed by atoms with Crippen molar-refractivity contribution in [2.75, 3.05) is 19.6 Å². The van der Waals surface area contributed by atoms with E-state index in [-0.39, 0.29) is 23.7 Å². The van der Waals surface area contributed by atoms with Crippen molar-refractivity contribution < 1.29 is 9.59 Å². The first-order valence-corrected chi connectivity index (χ1v) is 7.37. The molecule has 1 aromatic heterocycles. The van der Waals surface area contributed by atoms with Gasteiger partial charge >= 0.3 is 0 Å². The fourth-order valence-corrected chi connectivity index (χ4v) is 2.19. The molecule has 1 fully saturated rings. The van der Waals surface area contributed by atoms with Crippen molar-refractivity contribution in [3.05, 3.63) is 11.6 Å². The van der Waals surface area contributed by atoms with Gasteiger partial charge in [-0.1, -0.05) is 20.8 Å². The number of hydrogen-bond acceptors (Lipinski definition) is 4. The molecule has 0 unspecified atom stereocenters. The Kier molecular flexibility index (Phi) is 4.59. The van der Waals surface area contributed by atoms with Crippen LogP contribution in [0.3, 0.4) is 0 Å². The van der Waals surface area contributed by atoms with Gasteiger partial charge in [0.2, 0.25) is 11.7 Å². The molecule has 7 nitrogen and oxygen atoms in total. The molecule has 2 heterocycles. The standard InChI is InChI=1S/C14H23N5O2/c1-14(2,3)13-16-11(17-18-13)12(21)15-9-10(20)19-7-5-4-6-8-19/h4-9H2,1-3H3,(H,15,21)(H,16,17,18). The second kappa shape index (κ2) is 6.24. The van der Waals surface area contributed by atoms with Crippen molar-refractivity contribution >= 4 is 11.8 Å². The van der Waals surface area contributed by atoms with Crippen molar-refractivity contribution in [1.82, 2.24) is 25.4 Å². The highest BCUT2D eigenvalue weighted by molar-refractivity contribution is 5.93. The van der Waals surface area contributed by atoms with Crippen molar-refractivity contribution in [3.63, 3.8) is 0 Å². The zero-order chi connectivity index (χ0) is 15.5. The van der Waals surface area contributed by atoms with Crippen LogP contribution >= 0.6 is 0 Å². The van der Waals surface area contributed by atoms with Crippen LogP contribution in [0.4, 0.5) is 0 Å². The van der Waals surface area contributed by atoms with Crippen LogP contribution in [0.1, 0.15) is 56.5 Å². The Morgan fingerprint density at radius 2 is 1.90 bits per heavy atom. The smallest absolute Gasteiger partial charge is 0.291 e. The normalized spacial score (nSPS) is 15.9. The van der Waals surface area contributed by atoms with Crippen molar-refractivity contribution in [3.8, 4) is 0 Å². The third-order valence-electron chi connectivity index (χ3n) is 3.51. The lowest BCUT2D eigenvalue weighted by atomic mass is 9.96. The molecule has 21 heavy (non-hydrogen) atoms. The van der Waals surface area contributed by atoms with Crippen LogP contribution in [0.25, 0.3) is 0 Å². The highest BCUT2D eigenvalue weighted by Crippen LogP contribution is 2.17. The summed E-state index contributed by atoms with van der Waals surface area (Å²) in [5.74, 6) is 0.253. The zero-order valence-corrected chi connectivity index (χ0v) is 12.9. The van der Waals surface area contributed by atoms with Crippen LogP contribution in [0.5, 0.6) is 0 Å². The predicted molar refractivity (Wildman–Crippen MR) is 77.8 cm³/mol. The molecule has 1 aromatic rings. The first-order chi connectivity index (χ1) is 9.88. The van der Waals surface area contributed by atoms with Crippen molar-refractivity contribution in [2.24, 2.45) is 0 Å². The Bertz CT molecular complexity index is 512. The van der Waals surface area contributed by atoms with E-state index in [4.69, 9.17) is 0 Å². The maximum absolute atomic E-state index is 12.0. The number of nitrogens with one attached hydrogen (secondary N) is 2. The Hall–Kier alpha value is -1.92. The highest BCUT2D eigenvalue weighted by Gasteiger charge is 2.22. The van der Waals surface area contributed by atoms with E-state index in [9.17, 15) is 9.59 Å². The Morgan fingerprint density at radius 3 is 2.48 bits per heavy atom. The Labute approximate surface area is 124 Å². The maximum Gasteiger partial charge on any atom is 0.291 e. The van der Waals surface area contributed by atoms with Crippen LogP contribution in [0, 0.1) is 0 Å². The molecule has 0 aromatic carbocycles. The van der Waals surface area contributed by atoms with E-state index < -0.39 is 5.91 Å². The quantitative estimate of drug-likeness (QED) is 0.864. The number of likely N-dealkylation sites (tertiary alicyclic amines) is 1. The second-order valence-corrected chi connectivity index (χ2v) is 6.38. The van der Waals surface area contributed by atoms with Crippen LogP contribution < -0.4 is 5.32 Å². The van der Waals surface area contributed by atoms with Gasteiger partial charge in [0.25, 0.3) is 5.91 Å². The average molecular weight is 293 g/mol. The number of piperidine rings is 1. The van der Waals surface area contributed by atoms with E-state index >= 15 is 0 Å². The number of H-pyrrole nitrogens is 1. The lowest BCUT2D eigenvalue weighted by Crippen LogP contribution is -2.42. The van der Waals surface area contributed by atoms with E-state index in [0.717, 1.165) is 25.9 Å². The number of nitrogens with zero attached hydrogens (tertiary/aromatic N) is 3. The summed E-state index contributed by atoms with van der Waals surface area (Å²) in [4.78, 5) is 29.9. The van der Waals surface area contributed by atoms with E-state index in [1.807, 2.05) is 20.8 Å². The van der Waals surface area contributed by atoms with Gasteiger partial charge in [0.1, 0.15) is 5.82 Å². The maximum atomic E-state index is 12.0. The topological polar surface area (TPSA) is 91.0 Å². The minimum atomic E-state index is -0.424. The molecule has 2 rings (SSSR count). The Balaban J connectivity index is 1.86. The van der Waals surface area contributed by atoms with Gasteiger partial charge in [-0.05, 0) is 19.3 Å². The number of aromatic nitrogens is 3. The van der Waals surface area contributed by atoms with Gasteiger partial charge in [0.15, 0.2) is 0 Å². The summed E-state index contributed by atoms with van der Waals surface area (Å²) in [6.07, 6.45) is 3.24. The van der Waals surface area contributed by atoms with Gasteiger partial charge in [-0.25, -0.2) is 4.98 Å². The number of carbonyl (C=O) groups excluding carboxylic acids is 2. The SMILES string of the molecule is CC(C)(C)c1nc(C(=O)NCC(=O)N2CCCCC2)n[nH]1. The monoisotopic (exact) mass is 293 g/mol. The summed E-state index contributed by atoms with van der Waals surface area (Å²) in [6.45, 7) is 7.50. The van der Waals surface area contributed by atoms with Crippen LogP contribution in [-0.2, 0) is 10.2 Å². The molecule has 0 bridgehead atoms. The second-order valence-electron chi connectivity index (χ2n) is 6.38. The van der Waals surface area contributed by atoms with Crippen LogP contribution in [0.15, 0.2) is 0 Å². The number of rotatable bonds is 3. The van der Waals surface area contributed by atoms with E-state index in [2.05, 4.69) is 20.5 Å². The predicted octanol–water partition coefficient (Wildman–Crippen LogP) is 0.844. The molecule has 1 aliphatic heterocycles. The van der Waals surface area contributed by atoms with E-state index in [0.29, 0.717) is 5.82 Å². The summed E-state index contributed by atoms with van der Waals surface area (Å²) in [5.41, 5.74) is -0.199. The summed E-state index contributed by atoms with van der Waals surface area (Å²) in [6, 6.07) is 0. The van der Waals surface area contributed by atoms with Crippen molar-refractivity contribution in [2.45, 2.75) is 45.4 Å². The largest absolute Gasteiger partial charge is 0.341 e. The molecule has 0 spiro atoms. The third-order valence-corrected chi connectivity index (χ3v) is 3.51. The van der Waals surface area contributed by atoms with Gasteiger partial charge in [0, 0.05) is 18.5 Å². The Morgan fingerprint density at radius 1 is 1.24 bits per heavy atom. The zero-order valence-electron chi connectivity index (χ0n) is 12.9. The first-order valence-electron chi connectivity index (χ1n) is 7.37. The molecule has 7 heteroatoms. The first kappa shape index (κ1) is 15.5. The molecule has 1 saturated heterocycles. The summed E-state index contributed by atoms with van der Waals surface area (Å²) < 4.78 is 0. The number of amides is 2. The summed E-state index contributed by atoms with van der Waals surface area (Å²) >= 11 is 0. The summed E-state index contributed by atoms with van der Waals surface area (Å²) in [5, 5.41) is 9.25. The van der Waals surface area contributed by atoms with Crippen molar-refractivity contribution in [1.29, 1.82) is 0 Å². The lowest BCUT2D eigenvalue weighted by molar-refractivity contribution is -0.130. The minimum absolute atomic E-state index is 0.00176. The third kappa shape index (κ3) is 4.03. The molecular weight excluding hydrogens is 270 g/mol. The number of hydrogen-bond donors (Lipinski definition) is 2. The molecule has 0 atom stereocenters. The molecule has 2 N–H and O–H groups in total. The van der Waals surface area contributed by atoms with E-state index in [1.165, 1.54) is 6.42 Å². The van der Waals surface area contributed by atoms with Crippen LogP contribution in [-0.4, -0.2) is 51.5 Å².